The van der Waals surface area contributed by atoms with Crippen LogP contribution in [0.1, 0.15) is 22.6 Å². The highest BCUT2D eigenvalue weighted by Gasteiger charge is 2.39. The molecule has 1 aliphatic carbocycles. The molecular weight excluding hydrogens is 815 g/mol. The molecule has 5 nitrogen and oxygen atoms in total. The van der Waals surface area contributed by atoms with E-state index in [1.54, 1.807) is 0 Å². The van der Waals surface area contributed by atoms with Crippen LogP contribution in [-0.4, -0.2) is 21.1 Å². The van der Waals surface area contributed by atoms with E-state index in [4.69, 9.17) is 24.1 Å². The highest BCUT2D eigenvalue weighted by molar-refractivity contribution is 7.26. The number of hydrogen-bond donors (Lipinski definition) is 0. The molecule has 2 unspecified atom stereocenters. The summed E-state index contributed by atoms with van der Waals surface area (Å²) < 4.78 is 16.0. The molecule has 14 rings (SSSR count). The van der Waals surface area contributed by atoms with Crippen LogP contribution in [0.5, 0.6) is 5.75 Å². The van der Waals surface area contributed by atoms with Crippen molar-refractivity contribution in [1.29, 1.82) is 0 Å². The van der Waals surface area contributed by atoms with Crippen molar-refractivity contribution >= 4 is 86.1 Å². The molecule has 2 aliphatic rings. The fourth-order valence-electron chi connectivity index (χ4n) is 10.3. The van der Waals surface area contributed by atoms with E-state index in [-0.39, 0.29) is 12.0 Å². The monoisotopic (exact) mass is 849 g/mol. The molecule has 1 aliphatic heterocycles. The Bertz CT molecular complexity index is 4030. The summed E-state index contributed by atoms with van der Waals surface area (Å²) in [6.45, 7) is 0. The van der Waals surface area contributed by atoms with Gasteiger partial charge in [0.15, 0.2) is 17.5 Å². The third kappa shape index (κ3) is 5.67. The van der Waals surface area contributed by atoms with Crippen LogP contribution in [0, 0.1) is 0 Å². The normalized spacial score (nSPS) is 15.7. The van der Waals surface area contributed by atoms with E-state index < -0.39 is 0 Å². The Kier molecular flexibility index (Phi) is 7.91. The molecule has 0 amide bonds. The highest BCUT2D eigenvalue weighted by Crippen LogP contribution is 2.52. The second-order valence-corrected chi connectivity index (χ2v) is 18.0. The summed E-state index contributed by atoms with van der Waals surface area (Å²) >= 11 is 1.86. The SMILES string of the molecule is C1=C(c2cccc3c2sc2ccccc23)C=C(c2cccc3c(-c4nc(-c5ccc6ccccc6c5)nc(-c5cccc6c5oc5ccccc56)n4)cccc23)C2c3ccccc3OC12. The van der Waals surface area contributed by atoms with Crippen molar-refractivity contribution in [3.63, 3.8) is 0 Å². The highest BCUT2D eigenvalue weighted by atomic mass is 32.1. The van der Waals surface area contributed by atoms with E-state index in [2.05, 4.69) is 176 Å². The standard InChI is InChI=1S/C59H35N3O2S/c1-2-14-35-31-36(30-29-34(35)13-1)57-60-58(62-59(61-57)48-25-12-22-44-42-15-3-6-26-50(42)64-55(44)48)46-24-11-19-39-40(46)20-10-21-41(39)49-32-37(33-52-54(49)47-17-4-7-27-51(47)63-52)38-18-9-23-45-43-16-5-8-28-53(43)65-56(38)45/h1-33,52,54H. The number of nitrogens with zero attached hydrogens (tertiary/aromatic N) is 3. The van der Waals surface area contributed by atoms with Gasteiger partial charge < -0.3 is 9.15 Å². The molecule has 0 bridgehead atoms. The average Bonchev–Trinajstić information content (AvgIpc) is 4.07. The topological polar surface area (TPSA) is 61.0 Å². The zero-order chi connectivity index (χ0) is 42.6. The van der Waals surface area contributed by atoms with Gasteiger partial charge in [-0.3, -0.25) is 0 Å². The van der Waals surface area contributed by atoms with Crippen molar-refractivity contribution < 1.29 is 9.15 Å². The molecule has 4 heterocycles. The van der Waals surface area contributed by atoms with Crippen LogP contribution >= 0.6 is 11.3 Å². The van der Waals surface area contributed by atoms with Crippen molar-refractivity contribution in [1.82, 2.24) is 15.0 Å². The zero-order valence-electron chi connectivity index (χ0n) is 34.8. The van der Waals surface area contributed by atoms with Crippen LogP contribution in [-0.2, 0) is 0 Å². The van der Waals surface area contributed by atoms with Gasteiger partial charge in [0, 0.05) is 47.6 Å². The summed E-state index contributed by atoms with van der Waals surface area (Å²) in [5, 5.41) is 9.11. The molecule has 0 radical (unpaired) electrons. The Morgan fingerprint density at radius 1 is 0.462 bits per heavy atom. The minimum Gasteiger partial charge on any atom is -0.485 e. The first kappa shape index (κ1) is 36.3. The molecule has 0 saturated carbocycles. The summed E-state index contributed by atoms with van der Waals surface area (Å²) in [4.78, 5) is 15.9. The van der Waals surface area contributed by atoms with Crippen molar-refractivity contribution in [2.75, 3.05) is 0 Å². The minimum atomic E-state index is -0.165. The Hall–Kier alpha value is -8.19. The van der Waals surface area contributed by atoms with Gasteiger partial charge in [-0.25, -0.2) is 15.0 Å². The summed E-state index contributed by atoms with van der Waals surface area (Å²) in [5.74, 6) is 2.69. The number of furan rings is 1. The van der Waals surface area contributed by atoms with Crippen molar-refractivity contribution in [3.8, 4) is 39.9 Å². The first-order chi connectivity index (χ1) is 32.2. The number of benzene rings is 9. The van der Waals surface area contributed by atoms with E-state index in [1.165, 1.54) is 42.4 Å². The quantitative estimate of drug-likeness (QED) is 0.173. The van der Waals surface area contributed by atoms with E-state index >= 15 is 0 Å². The largest absolute Gasteiger partial charge is 0.485 e. The van der Waals surface area contributed by atoms with E-state index in [0.717, 1.165) is 71.5 Å². The maximum atomic E-state index is 6.83. The van der Waals surface area contributed by atoms with Crippen LogP contribution < -0.4 is 4.74 Å². The van der Waals surface area contributed by atoms with Gasteiger partial charge in [-0.2, -0.15) is 0 Å². The fourth-order valence-corrected chi connectivity index (χ4v) is 11.6. The number of rotatable bonds is 5. The summed E-state index contributed by atoms with van der Waals surface area (Å²) in [6, 6.07) is 66.2. The smallest absolute Gasteiger partial charge is 0.167 e. The molecule has 9 aromatic carbocycles. The molecule has 6 heteroatoms. The Labute approximate surface area is 377 Å². The second-order valence-electron chi connectivity index (χ2n) is 17.0. The second kappa shape index (κ2) is 14.2. The van der Waals surface area contributed by atoms with Gasteiger partial charge in [-0.1, -0.05) is 158 Å². The number of para-hydroxylation sites is 3. The van der Waals surface area contributed by atoms with Crippen molar-refractivity contribution in [3.05, 3.63) is 217 Å². The van der Waals surface area contributed by atoms with Gasteiger partial charge >= 0.3 is 0 Å². The number of allylic oxidation sites excluding steroid dienone is 2. The molecule has 3 aromatic heterocycles. The molecule has 65 heavy (non-hydrogen) atoms. The molecular formula is C59H35N3O2S. The van der Waals surface area contributed by atoms with E-state index in [9.17, 15) is 0 Å². The lowest BCUT2D eigenvalue weighted by Crippen LogP contribution is -2.21. The maximum absolute atomic E-state index is 6.83. The zero-order valence-corrected chi connectivity index (χ0v) is 35.6. The van der Waals surface area contributed by atoms with E-state index in [1.807, 2.05) is 35.6 Å². The Morgan fingerprint density at radius 3 is 2.00 bits per heavy atom. The summed E-state index contributed by atoms with van der Waals surface area (Å²) in [5.41, 5.74) is 10.2. The molecule has 0 saturated heterocycles. The van der Waals surface area contributed by atoms with Crippen LogP contribution in [0.4, 0.5) is 0 Å². The number of thiophene rings is 1. The molecule has 2 atom stereocenters. The first-order valence-corrected chi connectivity index (χ1v) is 22.8. The van der Waals surface area contributed by atoms with E-state index in [0.29, 0.717) is 17.5 Å². The third-order valence-electron chi connectivity index (χ3n) is 13.3. The van der Waals surface area contributed by atoms with Crippen LogP contribution in [0.3, 0.4) is 0 Å². The minimum absolute atomic E-state index is 0.0124. The van der Waals surface area contributed by atoms with Gasteiger partial charge in [0.05, 0.1) is 11.5 Å². The van der Waals surface area contributed by atoms with Gasteiger partial charge in [-0.15, -0.1) is 11.3 Å². The number of ether oxygens (including phenoxy) is 1. The van der Waals surface area contributed by atoms with Gasteiger partial charge in [0.1, 0.15) is 23.0 Å². The first-order valence-electron chi connectivity index (χ1n) is 22.0. The lowest BCUT2D eigenvalue weighted by molar-refractivity contribution is 0.272. The number of aromatic nitrogens is 3. The number of fused-ring (bicyclic) bond motifs is 11. The lowest BCUT2D eigenvalue weighted by Gasteiger charge is -2.27. The molecule has 12 aromatic rings. The fraction of sp³-hybridized carbons (Fsp3) is 0.0339. The van der Waals surface area contributed by atoms with Crippen molar-refractivity contribution in [2.24, 2.45) is 0 Å². The average molecular weight is 850 g/mol. The third-order valence-corrected chi connectivity index (χ3v) is 14.5. The van der Waals surface area contributed by atoms with Gasteiger partial charge in [-0.05, 0) is 86.3 Å². The molecule has 0 N–H and O–H groups in total. The van der Waals surface area contributed by atoms with Crippen molar-refractivity contribution in [2.45, 2.75) is 12.0 Å². The molecule has 304 valence electrons. The number of hydrogen-bond acceptors (Lipinski definition) is 6. The Morgan fingerprint density at radius 2 is 1.11 bits per heavy atom. The van der Waals surface area contributed by atoms with Crippen LogP contribution in [0.15, 0.2) is 205 Å². The predicted molar refractivity (Wildman–Crippen MR) is 267 cm³/mol. The lowest BCUT2D eigenvalue weighted by atomic mass is 9.77. The maximum Gasteiger partial charge on any atom is 0.167 e. The Balaban J connectivity index is 0.977. The molecule has 0 fully saturated rings. The van der Waals surface area contributed by atoms with Gasteiger partial charge in [0.2, 0.25) is 0 Å². The molecule has 0 spiro atoms. The summed E-state index contributed by atoms with van der Waals surface area (Å²) in [6.07, 6.45) is 4.59. The predicted octanol–water partition coefficient (Wildman–Crippen LogP) is 15.5. The van der Waals surface area contributed by atoms with Crippen LogP contribution in [0.2, 0.25) is 0 Å². The van der Waals surface area contributed by atoms with Gasteiger partial charge in [0.25, 0.3) is 0 Å². The van der Waals surface area contributed by atoms with Crippen LogP contribution in [0.25, 0.3) is 109 Å². The summed E-state index contributed by atoms with van der Waals surface area (Å²) in [7, 11) is 0.